The zero-order valence-corrected chi connectivity index (χ0v) is 10.6. The van der Waals surface area contributed by atoms with E-state index in [4.69, 9.17) is 4.74 Å². The Balaban J connectivity index is 2.22. The van der Waals surface area contributed by atoms with Gasteiger partial charge in [-0.1, -0.05) is 30.3 Å². The fourth-order valence-electron chi connectivity index (χ4n) is 1.33. The van der Waals surface area contributed by atoms with Crippen molar-refractivity contribution in [1.29, 1.82) is 0 Å². The monoisotopic (exact) mass is 224 g/mol. The Hall–Kier alpha value is -0.470. The van der Waals surface area contributed by atoms with E-state index >= 15 is 0 Å². The van der Waals surface area contributed by atoms with Crippen molar-refractivity contribution in [3.05, 3.63) is 35.9 Å². The van der Waals surface area contributed by atoms with Gasteiger partial charge < -0.3 is 4.74 Å². The van der Waals surface area contributed by atoms with Crippen LogP contribution < -0.4 is 0 Å². The fourth-order valence-corrected chi connectivity index (χ4v) is 2.22. The van der Waals surface area contributed by atoms with Crippen molar-refractivity contribution in [3.63, 3.8) is 0 Å². The number of ether oxygens (including phenoxy) is 1. The first kappa shape index (κ1) is 12.6. The Bertz CT molecular complexity index is 258. The molecule has 84 valence electrons. The van der Waals surface area contributed by atoms with E-state index in [9.17, 15) is 0 Å². The normalized spacial score (nSPS) is 13.1. The number of thioether (sulfide) groups is 1. The average molecular weight is 224 g/mol. The van der Waals surface area contributed by atoms with Gasteiger partial charge in [0, 0.05) is 11.0 Å². The first-order valence-electron chi connectivity index (χ1n) is 5.48. The molecular formula is C13H20OS. The van der Waals surface area contributed by atoms with Crippen molar-refractivity contribution in [3.8, 4) is 0 Å². The van der Waals surface area contributed by atoms with Gasteiger partial charge >= 0.3 is 0 Å². The lowest BCUT2D eigenvalue weighted by Gasteiger charge is -2.12. The molecule has 2 heteroatoms. The smallest absolute Gasteiger partial charge is 0.0560 e. The fraction of sp³-hybridized carbons (Fsp3) is 0.538. The minimum atomic E-state index is 0.345. The zero-order chi connectivity index (χ0) is 11.1. The molecule has 0 radical (unpaired) electrons. The maximum absolute atomic E-state index is 5.51. The van der Waals surface area contributed by atoms with Crippen LogP contribution in [0.5, 0.6) is 0 Å². The summed E-state index contributed by atoms with van der Waals surface area (Å²) in [6.07, 6.45) is 0.345. The second kappa shape index (κ2) is 6.91. The Morgan fingerprint density at radius 2 is 1.80 bits per heavy atom. The molecule has 1 rings (SSSR count). The second-order valence-electron chi connectivity index (χ2n) is 3.84. The topological polar surface area (TPSA) is 9.23 Å². The van der Waals surface area contributed by atoms with Crippen molar-refractivity contribution in [2.45, 2.75) is 32.1 Å². The Morgan fingerprint density at radius 3 is 2.40 bits per heavy atom. The third kappa shape index (κ3) is 5.24. The van der Waals surface area contributed by atoms with Crippen molar-refractivity contribution >= 4 is 11.8 Å². The van der Waals surface area contributed by atoms with Gasteiger partial charge in [-0.2, -0.15) is 11.8 Å². The Kier molecular flexibility index (Phi) is 5.81. The molecule has 1 atom stereocenters. The second-order valence-corrected chi connectivity index (χ2v) is 5.29. The molecule has 15 heavy (non-hydrogen) atoms. The average Bonchev–Trinajstić information content (AvgIpc) is 2.25. The molecule has 0 saturated carbocycles. The van der Waals surface area contributed by atoms with Crippen LogP contribution in [0.15, 0.2) is 30.3 Å². The minimum absolute atomic E-state index is 0.345. The highest BCUT2D eigenvalue weighted by Crippen LogP contribution is 2.27. The lowest BCUT2D eigenvalue weighted by molar-refractivity contribution is 0.0920. The van der Waals surface area contributed by atoms with E-state index in [1.54, 1.807) is 0 Å². The van der Waals surface area contributed by atoms with Gasteiger partial charge in [0.05, 0.1) is 12.7 Å². The van der Waals surface area contributed by atoms with Crippen molar-refractivity contribution in [2.24, 2.45) is 0 Å². The summed E-state index contributed by atoms with van der Waals surface area (Å²) in [5.41, 5.74) is 1.40. The third-order valence-electron chi connectivity index (χ3n) is 2.17. The lowest BCUT2D eigenvalue weighted by atomic mass is 10.2. The molecule has 0 amide bonds. The van der Waals surface area contributed by atoms with E-state index in [0.29, 0.717) is 11.4 Å². The SMILES string of the molecule is CC(C)OCCSC(C)c1ccccc1. The first-order chi connectivity index (χ1) is 7.20. The highest BCUT2D eigenvalue weighted by Gasteiger charge is 2.04. The van der Waals surface area contributed by atoms with Gasteiger partial charge in [0.15, 0.2) is 0 Å². The molecule has 0 spiro atoms. The van der Waals surface area contributed by atoms with Crippen LogP contribution in [-0.4, -0.2) is 18.5 Å². The van der Waals surface area contributed by atoms with Crippen LogP contribution in [0.1, 0.15) is 31.6 Å². The van der Waals surface area contributed by atoms with Crippen LogP contribution in [0, 0.1) is 0 Å². The summed E-state index contributed by atoms with van der Waals surface area (Å²) in [7, 11) is 0. The number of rotatable bonds is 6. The molecule has 0 aliphatic heterocycles. The zero-order valence-electron chi connectivity index (χ0n) is 9.77. The standard InChI is InChI=1S/C13H20OS/c1-11(2)14-9-10-15-12(3)13-7-5-4-6-8-13/h4-8,11-12H,9-10H2,1-3H3. The summed E-state index contributed by atoms with van der Waals surface area (Å²) in [5, 5.41) is 0.557. The molecule has 0 aliphatic carbocycles. The van der Waals surface area contributed by atoms with Gasteiger partial charge in [-0.05, 0) is 26.3 Å². The molecule has 0 bridgehead atoms. The van der Waals surface area contributed by atoms with Gasteiger partial charge in [-0.3, -0.25) is 0 Å². The van der Waals surface area contributed by atoms with E-state index in [-0.39, 0.29) is 0 Å². The summed E-state index contributed by atoms with van der Waals surface area (Å²) in [4.78, 5) is 0. The predicted octanol–water partition coefficient (Wildman–Crippen LogP) is 3.91. The van der Waals surface area contributed by atoms with Gasteiger partial charge in [-0.15, -0.1) is 0 Å². The van der Waals surface area contributed by atoms with Crippen LogP contribution in [0.3, 0.4) is 0 Å². The van der Waals surface area contributed by atoms with E-state index in [1.807, 2.05) is 11.8 Å². The summed E-state index contributed by atoms with van der Waals surface area (Å²) >= 11 is 1.95. The maximum atomic E-state index is 5.51. The quantitative estimate of drug-likeness (QED) is 0.678. The van der Waals surface area contributed by atoms with E-state index in [1.165, 1.54) is 5.56 Å². The van der Waals surface area contributed by atoms with Gasteiger partial charge in [-0.25, -0.2) is 0 Å². The van der Waals surface area contributed by atoms with Gasteiger partial charge in [0.25, 0.3) is 0 Å². The summed E-state index contributed by atoms with van der Waals surface area (Å²) in [6, 6.07) is 10.6. The maximum Gasteiger partial charge on any atom is 0.0560 e. The highest BCUT2D eigenvalue weighted by molar-refractivity contribution is 7.99. The molecule has 0 aromatic heterocycles. The van der Waals surface area contributed by atoms with Crippen LogP contribution in [0.25, 0.3) is 0 Å². The third-order valence-corrected chi connectivity index (χ3v) is 3.35. The molecule has 1 aromatic carbocycles. The molecular weight excluding hydrogens is 204 g/mol. The first-order valence-corrected chi connectivity index (χ1v) is 6.53. The van der Waals surface area contributed by atoms with Crippen molar-refractivity contribution < 1.29 is 4.74 Å². The van der Waals surface area contributed by atoms with Crippen molar-refractivity contribution in [1.82, 2.24) is 0 Å². The summed E-state index contributed by atoms with van der Waals surface area (Å²) in [5.74, 6) is 1.06. The molecule has 0 heterocycles. The van der Waals surface area contributed by atoms with Crippen LogP contribution in [0.4, 0.5) is 0 Å². The molecule has 1 nitrogen and oxygen atoms in total. The number of hydrogen-bond donors (Lipinski definition) is 0. The minimum Gasteiger partial charge on any atom is -0.378 e. The predicted molar refractivity (Wildman–Crippen MR) is 68.4 cm³/mol. The van der Waals surface area contributed by atoms with Gasteiger partial charge in [0.2, 0.25) is 0 Å². The van der Waals surface area contributed by atoms with Crippen LogP contribution in [0.2, 0.25) is 0 Å². The molecule has 0 aliphatic rings. The Labute approximate surface area is 97.2 Å². The number of benzene rings is 1. The Morgan fingerprint density at radius 1 is 1.13 bits per heavy atom. The molecule has 0 saturated heterocycles. The molecule has 1 unspecified atom stereocenters. The highest BCUT2D eigenvalue weighted by atomic mass is 32.2. The lowest BCUT2D eigenvalue weighted by Crippen LogP contribution is -2.06. The van der Waals surface area contributed by atoms with Crippen LogP contribution in [-0.2, 0) is 4.74 Å². The summed E-state index contributed by atoms with van der Waals surface area (Å²) < 4.78 is 5.51. The number of hydrogen-bond acceptors (Lipinski definition) is 2. The van der Waals surface area contributed by atoms with Gasteiger partial charge in [0.1, 0.15) is 0 Å². The largest absolute Gasteiger partial charge is 0.378 e. The molecule has 0 fully saturated rings. The van der Waals surface area contributed by atoms with E-state index in [2.05, 4.69) is 51.1 Å². The van der Waals surface area contributed by atoms with E-state index < -0.39 is 0 Å². The van der Waals surface area contributed by atoms with E-state index in [0.717, 1.165) is 12.4 Å². The van der Waals surface area contributed by atoms with Crippen LogP contribution >= 0.6 is 11.8 Å². The summed E-state index contributed by atoms with van der Waals surface area (Å²) in [6.45, 7) is 7.24. The van der Waals surface area contributed by atoms with Crippen molar-refractivity contribution in [2.75, 3.05) is 12.4 Å². The molecule has 0 N–H and O–H groups in total. The molecule has 1 aromatic rings.